The van der Waals surface area contributed by atoms with Crippen molar-refractivity contribution in [3.05, 3.63) is 23.3 Å². The first-order chi connectivity index (χ1) is 12.6. The van der Waals surface area contributed by atoms with E-state index in [-0.39, 0.29) is 35.4 Å². The first-order valence-corrected chi connectivity index (χ1v) is 8.73. The molecule has 2 aliphatic rings. The molecule has 1 aliphatic carbocycles. The van der Waals surface area contributed by atoms with Crippen molar-refractivity contribution >= 4 is 11.5 Å². The summed E-state index contributed by atoms with van der Waals surface area (Å²) in [5.41, 5.74) is 0.147. The number of nitrogens with zero attached hydrogens (tertiary/aromatic N) is 4. The van der Waals surface area contributed by atoms with Crippen LogP contribution in [0.1, 0.15) is 42.9 Å². The van der Waals surface area contributed by atoms with Crippen LogP contribution in [0.4, 0.5) is 14.7 Å². The second-order valence-electron chi connectivity index (χ2n) is 6.80. The molecule has 0 aromatic carbocycles. The number of ether oxygens (including phenoxy) is 1. The molecule has 9 heteroatoms. The average molecular weight is 363 g/mol. The molecule has 0 amide bonds. The quantitative estimate of drug-likeness (QED) is 0.865. The number of anilines is 1. The second-order valence-corrected chi connectivity index (χ2v) is 6.80. The third kappa shape index (κ3) is 2.79. The first-order valence-electron chi connectivity index (χ1n) is 8.73. The molecular formula is C17H19F2N5O2. The normalized spacial score (nSPS) is 29.0. The molecule has 2 aromatic heterocycles. The lowest BCUT2D eigenvalue weighted by Crippen LogP contribution is -2.42. The van der Waals surface area contributed by atoms with Crippen molar-refractivity contribution in [3.63, 3.8) is 0 Å². The van der Waals surface area contributed by atoms with Gasteiger partial charge in [0.15, 0.2) is 5.82 Å². The van der Waals surface area contributed by atoms with Crippen LogP contribution >= 0.6 is 0 Å². The molecule has 2 N–H and O–H groups in total. The summed E-state index contributed by atoms with van der Waals surface area (Å²) in [6.45, 7) is 0.720. The van der Waals surface area contributed by atoms with Crippen LogP contribution in [0.2, 0.25) is 0 Å². The van der Waals surface area contributed by atoms with Gasteiger partial charge in [-0.05, 0) is 25.7 Å². The van der Waals surface area contributed by atoms with Gasteiger partial charge in [0.25, 0.3) is 0 Å². The molecule has 4 rings (SSSR count). The Hall–Kier alpha value is -2.31. The number of rotatable bonds is 3. The maximum Gasteiger partial charge on any atom is 0.241 e. The molecule has 2 fully saturated rings. The van der Waals surface area contributed by atoms with Gasteiger partial charge in [-0.2, -0.15) is 5.26 Å². The highest BCUT2D eigenvalue weighted by molar-refractivity contribution is 5.59. The molecule has 2 aromatic rings. The molecular weight excluding hydrogens is 344 g/mol. The van der Waals surface area contributed by atoms with Crippen LogP contribution in [0.5, 0.6) is 0 Å². The first kappa shape index (κ1) is 17.1. The summed E-state index contributed by atoms with van der Waals surface area (Å²) in [5.74, 6) is -1.09. The van der Waals surface area contributed by atoms with Gasteiger partial charge in [-0.15, -0.1) is 5.10 Å². The van der Waals surface area contributed by atoms with Crippen LogP contribution in [-0.2, 0) is 4.74 Å². The van der Waals surface area contributed by atoms with Gasteiger partial charge in [0.2, 0.25) is 5.95 Å². The summed E-state index contributed by atoms with van der Waals surface area (Å²) >= 11 is 0. The van der Waals surface area contributed by atoms with Gasteiger partial charge in [0.1, 0.15) is 23.3 Å². The van der Waals surface area contributed by atoms with Crippen LogP contribution in [-0.4, -0.2) is 51.2 Å². The van der Waals surface area contributed by atoms with Gasteiger partial charge in [-0.1, -0.05) is 0 Å². The molecule has 3 heterocycles. The van der Waals surface area contributed by atoms with Gasteiger partial charge in [-0.3, -0.25) is 0 Å². The second kappa shape index (κ2) is 6.78. The molecule has 138 valence electrons. The van der Waals surface area contributed by atoms with Gasteiger partial charge < -0.3 is 15.2 Å². The number of aliphatic hydroxyl groups excluding tert-OH is 1. The van der Waals surface area contributed by atoms with Crippen LogP contribution < -0.4 is 5.32 Å². The van der Waals surface area contributed by atoms with E-state index in [0.717, 1.165) is 0 Å². The number of hydrogen-bond donors (Lipinski definition) is 2. The van der Waals surface area contributed by atoms with E-state index in [1.165, 1.54) is 10.7 Å². The van der Waals surface area contributed by atoms with Crippen molar-refractivity contribution in [2.45, 2.75) is 49.9 Å². The highest BCUT2D eigenvalue weighted by Gasteiger charge is 2.35. The van der Waals surface area contributed by atoms with E-state index in [2.05, 4.69) is 15.4 Å². The molecule has 0 bridgehead atoms. The van der Waals surface area contributed by atoms with Crippen LogP contribution in [0, 0.1) is 17.1 Å². The number of alkyl halides is 1. The number of aliphatic hydroxyl groups is 1. The molecule has 7 nitrogen and oxygen atoms in total. The smallest absolute Gasteiger partial charge is 0.241 e. The zero-order valence-electron chi connectivity index (χ0n) is 14.0. The molecule has 0 spiro atoms. The number of aromatic nitrogens is 3. The van der Waals surface area contributed by atoms with Crippen molar-refractivity contribution in [2.24, 2.45) is 0 Å². The van der Waals surface area contributed by atoms with Crippen LogP contribution in [0.25, 0.3) is 5.52 Å². The Kier molecular flexibility index (Phi) is 4.46. The zero-order chi connectivity index (χ0) is 18.3. The largest absolute Gasteiger partial charge is 0.389 e. The summed E-state index contributed by atoms with van der Waals surface area (Å²) in [4.78, 5) is 4.09. The predicted octanol–water partition coefficient (Wildman–Crippen LogP) is 1.91. The topological polar surface area (TPSA) is 95.5 Å². The standard InChI is InChI=1S/C17H19F2N5O2/c18-11-3-1-2-9(11)16-10(6-20)15(19)13-7-21-17(23-24(13)16)22-12-4-5-26-8-14(12)25/h7,9,11-12,14,25H,1-5,8H2,(H,22,23)/t9?,11?,12-,14-/m1/s1. The molecule has 0 radical (unpaired) electrons. The van der Waals surface area contributed by atoms with Gasteiger partial charge in [0, 0.05) is 12.5 Å². The lowest BCUT2D eigenvalue weighted by Gasteiger charge is -2.28. The monoisotopic (exact) mass is 363 g/mol. The summed E-state index contributed by atoms with van der Waals surface area (Å²) in [7, 11) is 0. The third-order valence-electron chi connectivity index (χ3n) is 5.20. The van der Waals surface area contributed by atoms with E-state index >= 15 is 0 Å². The highest BCUT2D eigenvalue weighted by atomic mass is 19.1. The third-order valence-corrected chi connectivity index (χ3v) is 5.20. The summed E-state index contributed by atoms with van der Waals surface area (Å²) < 4.78 is 35.4. The van der Waals surface area contributed by atoms with Gasteiger partial charge in [-0.25, -0.2) is 18.3 Å². The highest BCUT2D eigenvalue weighted by Crippen LogP contribution is 2.40. The minimum absolute atomic E-state index is 0.0497. The predicted molar refractivity (Wildman–Crippen MR) is 88.0 cm³/mol. The van der Waals surface area contributed by atoms with E-state index in [1.54, 1.807) is 0 Å². The van der Waals surface area contributed by atoms with Crippen molar-refractivity contribution in [3.8, 4) is 6.07 Å². The van der Waals surface area contributed by atoms with Crippen molar-refractivity contribution in [1.29, 1.82) is 5.26 Å². The minimum atomic E-state index is -1.12. The fraction of sp³-hybridized carbons (Fsp3) is 0.588. The molecule has 26 heavy (non-hydrogen) atoms. The molecule has 1 saturated heterocycles. The van der Waals surface area contributed by atoms with E-state index in [9.17, 15) is 19.1 Å². The Morgan fingerprint density at radius 2 is 2.23 bits per heavy atom. The maximum atomic E-state index is 14.6. The van der Waals surface area contributed by atoms with Crippen LogP contribution in [0.15, 0.2) is 6.20 Å². The fourth-order valence-corrected chi connectivity index (χ4v) is 3.83. The Morgan fingerprint density at radius 3 is 2.92 bits per heavy atom. The summed E-state index contributed by atoms with van der Waals surface area (Å²) in [5, 5.41) is 26.7. The average Bonchev–Trinajstić information content (AvgIpc) is 3.17. The Morgan fingerprint density at radius 1 is 1.38 bits per heavy atom. The number of nitrogens with one attached hydrogen (secondary N) is 1. The van der Waals surface area contributed by atoms with Gasteiger partial charge in [0.05, 0.1) is 30.6 Å². The molecule has 4 atom stereocenters. The van der Waals surface area contributed by atoms with E-state index < -0.39 is 24.0 Å². The van der Waals surface area contributed by atoms with Crippen molar-refractivity contribution < 1.29 is 18.6 Å². The number of nitriles is 1. The number of hydrogen-bond acceptors (Lipinski definition) is 6. The number of fused-ring (bicyclic) bond motifs is 1. The lowest BCUT2D eigenvalue weighted by molar-refractivity contribution is -0.0136. The zero-order valence-corrected chi connectivity index (χ0v) is 14.0. The van der Waals surface area contributed by atoms with Crippen molar-refractivity contribution in [1.82, 2.24) is 14.6 Å². The molecule has 1 aliphatic heterocycles. The Balaban J connectivity index is 1.75. The molecule has 1 saturated carbocycles. The lowest BCUT2D eigenvalue weighted by atomic mass is 9.99. The maximum absolute atomic E-state index is 14.6. The van der Waals surface area contributed by atoms with Crippen molar-refractivity contribution in [2.75, 3.05) is 18.5 Å². The van der Waals surface area contributed by atoms with E-state index in [4.69, 9.17) is 4.74 Å². The Bertz CT molecular complexity index is 865. The Labute approximate surface area is 148 Å². The summed E-state index contributed by atoms with van der Waals surface area (Å²) in [6, 6.07) is 1.56. The van der Waals surface area contributed by atoms with Crippen LogP contribution in [0.3, 0.4) is 0 Å². The summed E-state index contributed by atoms with van der Waals surface area (Å²) in [6.07, 6.45) is 1.67. The van der Waals surface area contributed by atoms with E-state index in [1.807, 2.05) is 6.07 Å². The SMILES string of the molecule is N#Cc1c(F)c2cnc(N[C@@H]3CCOC[C@H]3O)nn2c1C1CCCC1F. The number of halogens is 2. The van der Waals surface area contributed by atoms with E-state index in [0.29, 0.717) is 32.3 Å². The minimum Gasteiger partial charge on any atom is -0.389 e. The molecule has 2 unspecified atom stereocenters. The fourth-order valence-electron chi connectivity index (χ4n) is 3.83. The van der Waals surface area contributed by atoms with Gasteiger partial charge >= 0.3 is 0 Å².